The van der Waals surface area contributed by atoms with Gasteiger partial charge in [0.2, 0.25) is 0 Å². The second-order valence-corrected chi connectivity index (χ2v) is 6.82. The van der Waals surface area contributed by atoms with E-state index in [0.717, 1.165) is 30.2 Å². The zero-order chi connectivity index (χ0) is 19.8. The molecule has 1 fully saturated rings. The SMILES string of the molecule is COc1ccc(NC(N)=NCc2ccnc(N3CCCCCC3)c2)cc1OC.I. The maximum atomic E-state index is 6.06. The molecule has 0 spiro atoms. The highest BCUT2D eigenvalue weighted by molar-refractivity contribution is 14.0. The number of pyridine rings is 1. The topological polar surface area (TPSA) is 85.0 Å². The zero-order valence-corrected chi connectivity index (χ0v) is 19.4. The molecule has 0 radical (unpaired) electrons. The summed E-state index contributed by atoms with van der Waals surface area (Å²) < 4.78 is 10.6. The molecule has 3 N–H and O–H groups in total. The Morgan fingerprint density at radius 3 is 2.48 bits per heavy atom. The largest absolute Gasteiger partial charge is 0.493 e. The minimum atomic E-state index is 0. The molecule has 1 aliphatic rings. The zero-order valence-electron chi connectivity index (χ0n) is 17.1. The number of nitrogens with two attached hydrogens (primary N) is 1. The molecule has 8 heteroatoms. The number of aliphatic imine (C=N–C) groups is 1. The molecule has 1 aromatic carbocycles. The number of guanidine groups is 1. The van der Waals surface area contributed by atoms with Gasteiger partial charge in [0, 0.05) is 31.0 Å². The second-order valence-electron chi connectivity index (χ2n) is 6.82. The van der Waals surface area contributed by atoms with Crippen LogP contribution in [0.4, 0.5) is 11.5 Å². The van der Waals surface area contributed by atoms with Gasteiger partial charge in [0.25, 0.3) is 0 Å². The summed E-state index contributed by atoms with van der Waals surface area (Å²) in [6.07, 6.45) is 6.92. The summed E-state index contributed by atoms with van der Waals surface area (Å²) in [6.45, 7) is 2.64. The Bertz CT molecular complexity index is 807. The molecule has 3 rings (SSSR count). The van der Waals surface area contributed by atoms with Crippen LogP contribution in [-0.4, -0.2) is 38.3 Å². The number of anilines is 2. The van der Waals surface area contributed by atoms with E-state index >= 15 is 0 Å². The summed E-state index contributed by atoms with van der Waals surface area (Å²) in [5, 5.41) is 3.09. The van der Waals surface area contributed by atoms with E-state index in [-0.39, 0.29) is 24.0 Å². The number of rotatable bonds is 6. The van der Waals surface area contributed by atoms with Crippen LogP contribution in [0.3, 0.4) is 0 Å². The van der Waals surface area contributed by atoms with E-state index in [4.69, 9.17) is 15.2 Å². The third kappa shape index (κ3) is 6.66. The van der Waals surface area contributed by atoms with Crippen molar-refractivity contribution in [3.05, 3.63) is 42.1 Å². The summed E-state index contributed by atoms with van der Waals surface area (Å²) in [7, 11) is 3.21. The number of hydrogen-bond donors (Lipinski definition) is 2. The molecule has 2 heterocycles. The van der Waals surface area contributed by atoms with E-state index in [9.17, 15) is 0 Å². The number of aromatic nitrogens is 1. The van der Waals surface area contributed by atoms with Gasteiger partial charge in [-0.05, 0) is 42.7 Å². The maximum absolute atomic E-state index is 6.06. The Hall–Kier alpha value is -2.23. The summed E-state index contributed by atoms with van der Waals surface area (Å²) in [4.78, 5) is 11.4. The van der Waals surface area contributed by atoms with Gasteiger partial charge >= 0.3 is 0 Å². The number of nitrogens with one attached hydrogen (secondary N) is 1. The Morgan fingerprint density at radius 2 is 1.79 bits per heavy atom. The van der Waals surface area contributed by atoms with Crippen LogP contribution in [0.25, 0.3) is 0 Å². The van der Waals surface area contributed by atoms with Gasteiger partial charge in [0.15, 0.2) is 17.5 Å². The first-order chi connectivity index (χ1) is 13.7. The smallest absolute Gasteiger partial charge is 0.193 e. The number of nitrogens with zero attached hydrogens (tertiary/aromatic N) is 3. The van der Waals surface area contributed by atoms with Crippen molar-refractivity contribution in [2.24, 2.45) is 10.7 Å². The standard InChI is InChI=1S/C21H29N5O2.HI/c1-27-18-8-7-17(14-19(18)28-2)25-21(22)24-15-16-9-10-23-20(13-16)26-11-5-3-4-6-12-26;/h7-10,13-14H,3-6,11-12,15H2,1-2H3,(H3,22,24,25);1H. The predicted molar refractivity (Wildman–Crippen MR) is 129 cm³/mol. The fourth-order valence-corrected chi connectivity index (χ4v) is 3.31. The molecule has 0 unspecified atom stereocenters. The molecular weight excluding hydrogens is 481 g/mol. The van der Waals surface area contributed by atoms with Gasteiger partial charge < -0.3 is 25.4 Å². The molecule has 0 aliphatic carbocycles. The molecular formula is C21H30IN5O2. The van der Waals surface area contributed by atoms with Gasteiger partial charge in [0.05, 0.1) is 20.8 Å². The minimum absolute atomic E-state index is 0. The third-order valence-electron chi connectivity index (χ3n) is 4.83. The Balaban J connectivity index is 0.00000300. The Kier molecular flexibility index (Phi) is 9.30. The van der Waals surface area contributed by atoms with E-state index in [0.29, 0.717) is 24.0 Å². The molecule has 0 amide bonds. The van der Waals surface area contributed by atoms with Crippen LogP contribution in [0, 0.1) is 0 Å². The number of benzene rings is 1. The highest BCUT2D eigenvalue weighted by atomic mass is 127. The molecule has 0 saturated carbocycles. The van der Waals surface area contributed by atoms with Crippen LogP contribution in [0.15, 0.2) is 41.5 Å². The minimum Gasteiger partial charge on any atom is -0.493 e. The van der Waals surface area contributed by atoms with E-state index in [2.05, 4.69) is 26.3 Å². The van der Waals surface area contributed by atoms with E-state index in [1.807, 2.05) is 30.5 Å². The van der Waals surface area contributed by atoms with Gasteiger partial charge in [-0.15, -0.1) is 24.0 Å². The summed E-state index contributed by atoms with van der Waals surface area (Å²) in [5.41, 5.74) is 7.94. The van der Waals surface area contributed by atoms with Gasteiger partial charge in [0.1, 0.15) is 5.82 Å². The van der Waals surface area contributed by atoms with Crippen molar-refractivity contribution in [1.29, 1.82) is 0 Å². The Labute approximate surface area is 189 Å². The van der Waals surface area contributed by atoms with Crippen LogP contribution in [0.2, 0.25) is 0 Å². The molecule has 158 valence electrons. The molecule has 29 heavy (non-hydrogen) atoms. The second kappa shape index (κ2) is 11.7. The number of ether oxygens (including phenoxy) is 2. The average molecular weight is 511 g/mol. The summed E-state index contributed by atoms with van der Waals surface area (Å²) >= 11 is 0. The molecule has 2 aromatic rings. The molecule has 7 nitrogen and oxygen atoms in total. The fraction of sp³-hybridized carbons (Fsp3) is 0.429. The lowest BCUT2D eigenvalue weighted by Crippen LogP contribution is -2.25. The first kappa shape index (κ1) is 23.1. The molecule has 0 bridgehead atoms. The number of hydrogen-bond acceptors (Lipinski definition) is 5. The molecule has 1 aliphatic heterocycles. The summed E-state index contributed by atoms with van der Waals surface area (Å²) in [6, 6.07) is 9.61. The first-order valence-electron chi connectivity index (χ1n) is 9.68. The lowest BCUT2D eigenvalue weighted by atomic mass is 10.2. The van der Waals surface area contributed by atoms with Crippen molar-refractivity contribution in [1.82, 2.24) is 4.98 Å². The van der Waals surface area contributed by atoms with Gasteiger partial charge in [-0.1, -0.05) is 12.8 Å². The monoisotopic (exact) mass is 511 g/mol. The van der Waals surface area contributed by atoms with Gasteiger partial charge in [-0.25, -0.2) is 9.98 Å². The van der Waals surface area contributed by atoms with Crippen molar-refractivity contribution >= 4 is 41.4 Å². The van der Waals surface area contributed by atoms with E-state index in [1.165, 1.54) is 25.7 Å². The quantitative estimate of drug-likeness (QED) is 0.346. The van der Waals surface area contributed by atoms with Crippen molar-refractivity contribution in [2.45, 2.75) is 32.2 Å². The lowest BCUT2D eigenvalue weighted by molar-refractivity contribution is 0.355. The highest BCUT2D eigenvalue weighted by Gasteiger charge is 2.11. The molecule has 1 aromatic heterocycles. The maximum Gasteiger partial charge on any atom is 0.193 e. The van der Waals surface area contributed by atoms with E-state index < -0.39 is 0 Å². The van der Waals surface area contributed by atoms with Crippen LogP contribution >= 0.6 is 24.0 Å². The molecule has 1 saturated heterocycles. The first-order valence-corrected chi connectivity index (χ1v) is 9.68. The highest BCUT2D eigenvalue weighted by Crippen LogP contribution is 2.29. The number of methoxy groups -OCH3 is 2. The lowest BCUT2D eigenvalue weighted by Gasteiger charge is -2.21. The van der Waals surface area contributed by atoms with Gasteiger partial charge in [-0.2, -0.15) is 0 Å². The average Bonchev–Trinajstić information content (AvgIpc) is 3.02. The predicted octanol–water partition coefficient (Wildman–Crippen LogP) is 4.02. The van der Waals surface area contributed by atoms with Crippen molar-refractivity contribution in [3.63, 3.8) is 0 Å². The molecule has 0 atom stereocenters. The van der Waals surface area contributed by atoms with Crippen LogP contribution in [0.5, 0.6) is 11.5 Å². The van der Waals surface area contributed by atoms with Crippen molar-refractivity contribution in [3.8, 4) is 11.5 Å². The fourth-order valence-electron chi connectivity index (χ4n) is 3.31. The van der Waals surface area contributed by atoms with Crippen LogP contribution in [-0.2, 0) is 6.54 Å². The number of halogens is 1. The third-order valence-corrected chi connectivity index (χ3v) is 4.83. The van der Waals surface area contributed by atoms with Gasteiger partial charge in [-0.3, -0.25) is 0 Å². The van der Waals surface area contributed by atoms with Crippen molar-refractivity contribution < 1.29 is 9.47 Å². The summed E-state index contributed by atoms with van der Waals surface area (Å²) in [5.74, 6) is 2.68. The van der Waals surface area contributed by atoms with E-state index in [1.54, 1.807) is 14.2 Å². The van der Waals surface area contributed by atoms with Crippen molar-refractivity contribution in [2.75, 3.05) is 37.5 Å². The van der Waals surface area contributed by atoms with Crippen LogP contribution in [0.1, 0.15) is 31.2 Å². The normalized spacial score (nSPS) is 14.6. The van der Waals surface area contributed by atoms with Crippen LogP contribution < -0.4 is 25.4 Å². The Morgan fingerprint density at radius 1 is 1.07 bits per heavy atom.